The van der Waals surface area contributed by atoms with Crippen LogP contribution >= 0.6 is 35.6 Å². The van der Waals surface area contributed by atoms with E-state index < -0.39 is 11.8 Å². The Hall–Kier alpha value is -2.44. The average Bonchev–Trinajstić information content (AvgIpc) is 3.08. The number of aromatic carboxylic acids is 1. The van der Waals surface area contributed by atoms with Gasteiger partial charge >= 0.3 is 5.97 Å². The Morgan fingerprint density at radius 2 is 1.72 bits per heavy atom. The molecule has 1 saturated heterocycles. The maximum absolute atomic E-state index is 14.8. The van der Waals surface area contributed by atoms with Gasteiger partial charge in [-0.2, -0.15) is 0 Å². The van der Waals surface area contributed by atoms with Crippen LogP contribution in [0.15, 0.2) is 54.6 Å². The summed E-state index contributed by atoms with van der Waals surface area (Å²) in [7, 11) is 0. The Labute approximate surface area is 243 Å². The van der Waals surface area contributed by atoms with Gasteiger partial charge < -0.3 is 10.0 Å². The fourth-order valence-electron chi connectivity index (χ4n) is 5.69. The molecule has 0 amide bonds. The maximum atomic E-state index is 14.8. The molecule has 0 spiro atoms. The van der Waals surface area contributed by atoms with Crippen molar-refractivity contribution < 1.29 is 18.7 Å². The van der Waals surface area contributed by atoms with E-state index in [1.54, 1.807) is 18.2 Å². The second-order valence-corrected chi connectivity index (χ2v) is 11.0. The number of carboxylic acids is 1. The summed E-state index contributed by atoms with van der Waals surface area (Å²) >= 11 is 12.5. The van der Waals surface area contributed by atoms with Gasteiger partial charge in [0.1, 0.15) is 0 Å². The van der Waals surface area contributed by atoms with Gasteiger partial charge in [0.05, 0.1) is 22.3 Å². The molecule has 39 heavy (non-hydrogen) atoms. The van der Waals surface area contributed by atoms with Gasteiger partial charge in [-0.25, -0.2) is 9.18 Å². The fourth-order valence-corrected chi connectivity index (χ4v) is 6.18. The predicted molar refractivity (Wildman–Crippen MR) is 157 cm³/mol. The minimum atomic E-state index is -0.964. The van der Waals surface area contributed by atoms with Gasteiger partial charge in [-0.15, -0.1) is 12.4 Å². The predicted octanol–water partition coefficient (Wildman–Crippen LogP) is 8.38. The quantitative estimate of drug-likeness (QED) is 0.267. The topological polar surface area (TPSA) is 40.5 Å². The third-order valence-corrected chi connectivity index (χ3v) is 8.23. The molecule has 0 bridgehead atoms. The Morgan fingerprint density at radius 1 is 1.00 bits per heavy atom. The maximum Gasteiger partial charge on any atom is 0.335 e. The second-order valence-electron chi connectivity index (χ2n) is 10.2. The van der Waals surface area contributed by atoms with E-state index in [2.05, 4.69) is 29.2 Å². The zero-order valence-corrected chi connectivity index (χ0v) is 23.7. The largest absolute Gasteiger partial charge is 0.478 e. The third kappa shape index (κ3) is 6.33. The number of hydrogen-bond acceptors (Lipinski definition) is 2. The van der Waals surface area contributed by atoms with E-state index in [0.29, 0.717) is 30.7 Å². The molecule has 0 aromatic heterocycles. The van der Waals surface area contributed by atoms with Crippen LogP contribution in [0, 0.1) is 11.7 Å². The number of nitrogens with zero attached hydrogens (tertiary/aromatic N) is 1. The highest BCUT2D eigenvalue weighted by Gasteiger charge is 2.27. The molecule has 0 atom stereocenters. The Bertz CT molecular complexity index is 1390. The van der Waals surface area contributed by atoms with Gasteiger partial charge in [0, 0.05) is 19.6 Å². The number of carboxylic acid groups (broad SMARTS) is 1. The first kappa shape index (κ1) is 29.5. The third-order valence-electron chi connectivity index (χ3n) is 7.56. The molecular formula is C31H30Cl3F2NO2. The molecule has 0 radical (unpaired) electrons. The lowest BCUT2D eigenvalue weighted by molar-refractivity contribution is 0.0696. The number of fused-ring (bicyclic) bond motifs is 1. The second kappa shape index (κ2) is 12.8. The molecule has 3 aromatic rings. The normalized spacial score (nSPS) is 15.8. The molecule has 0 saturated carbocycles. The highest BCUT2D eigenvalue weighted by Crippen LogP contribution is 2.43. The minimum Gasteiger partial charge on any atom is -0.478 e. The first-order valence-corrected chi connectivity index (χ1v) is 13.7. The van der Waals surface area contributed by atoms with Crippen molar-refractivity contribution in [1.82, 2.24) is 4.90 Å². The molecule has 1 aliphatic carbocycles. The molecule has 8 heteroatoms. The van der Waals surface area contributed by atoms with Crippen molar-refractivity contribution in [2.75, 3.05) is 26.3 Å². The highest BCUT2D eigenvalue weighted by molar-refractivity contribution is 6.36. The highest BCUT2D eigenvalue weighted by atomic mass is 35.5. The summed E-state index contributed by atoms with van der Waals surface area (Å²) in [6.45, 7) is 2.54. The van der Waals surface area contributed by atoms with E-state index in [1.165, 1.54) is 11.6 Å². The number of hydrogen-bond donors (Lipinski definition) is 1. The number of likely N-dealkylation sites (tertiary alicyclic amines) is 1. The summed E-state index contributed by atoms with van der Waals surface area (Å²) < 4.78 is 27.2. The lowest BCUT2D eigenvalue weighted by Gasteiger charge is -2.39. The Kier molecular flexibility index (Phi) is 9.71. The number of halogens is 5. The van der Waals surface area contributed by atoms with Gasteiger partial charge in [0.15, 0.2) is 5.82 Å². The van der Waals surface area contributed by atoms with Crippen molar-refractivity contribution in [2.45, 2.75) is 32.1 Å². The van der Waals surface area contributed by atoms with E-state index in [4.69, 9.17) is 23.2 Å². The first-order valence-electron chi connectivity index (χ1n) is 13.0. The zero-order chi connectivity index (χ0) is 26.8. The van der Waals surface area contributed by atoms with Crippen molar-refractivity contribution in [3.05, 3.63) is 104 Å². The van der Waals surface area contributed by atoms with E-state index in [-0.39, 0.29) is 34.7 Å². The van der Waals surface area contributed by atoms with Crippen LogP contribution < -0.4 is 0 Å². The van der Waals surface area contributed by atoms with Gasteiger partial charge in [0.2, 0.25) is 0 Å². The monoisotopic (exact) mass is 591 g/mol. The van der Waals surface area contributed by atoms with Gasteiger partial charge in [-0.3, -0.25) is 4.39 Å². The molecule has 1 N–H and O–H groups in total. The van der Waals surface area contributed by atoms with Crippen LogP contribution in [0.2, 0.25) is 10.0 Å². The van der Waals surface area contributed by atoms with Crippen molar-refractivity contribution in [3.8, 4) is 0 Å². The number of benzene rings is 3. The molecular weight excluding hydrogens is 563 g/mol. The molecule has 206 valence electrons. The molecule has 3 nitrogen and oxygen atoms in total. The Balaban J connectivity index is 0.00000353. The number of allylic oxidation sites excluding steroid dienone is 1. The lowest BCUT2D eigenvalue weighted by atomic mass is 9.86. The first-order chi connectivity index (χ1) is 18.4. The van der Waals surface area contributed by atoms with E-state index in [1.807, 2.05) is 6.07 Å². The van der Waals surface area contributed by atoms with Crippen molar-refractivity contribution in [1.29, 1.82) is 0 Å². The van der Waals surface area contributed by atoms with Crippen molar-refractivity contribution in [3.63, 3.8) is 0 Å². The molecule has 2 aliphatic rings. The van der Waals surface area contributed by atoms with E-state index >= 15 is 0 Å². The van der Waals surface area contributed by atoms with Crippen LogP contribution in [0.25, 0.3) is 11.1 Å². The fraction of sp³-hybridized carbons (Fsp3) is 0.323. The smallest absolute Gasteiger partial charge is 0.335 e. The standard InChI is InChI=1S/C31H29Cl2F2NO2.ClH/c32-27-12-11-26(29(33)30(27)35)25-4-1-3-22-16-23(31(37)38)9-10-24(22)28(25)21-7-5-19(6-8-21)15-20-17-36(18-20)14-2-13-34;/h5-12,16,20H,1-4,13-15,17-18H2,(H,37,38);1H. The van der Waals surface area contributed by atoms with Gasteiger partial charge in [-0.1, -0.05) is 59.6 Å². The summed E-state index contributed by atoms with van der Waals surface area (Å²) in [6.07, 6.45) is 3.69. The van der Waals surface area contributed by atoms with Gasteiger partial charge in [-0.05, 0) is 95.2 Å². The van der Waals surface area contributed by atoms with Gasteiger partial charge in [0.25, 0.3) is 0 Å². The van der Waals surface area contributed by atoms with Crippen LogP contribution in [0.5, 0.6) is 0 Å². The zero-order valence-electron chi connectivity index (χ0n) is 21.4. The number of rotatable bonds is 8. The minimum absolute atomic E-state index is 0. The van der Waals surface area contributed by atoms with Crippen LogP contribution in [-0.4, -0.2) is 42.3 Å². The number of aryl methyl sites for hydroxylation is 1. The summed E-state index contributed by atoms with van der Waals surface area (Å²) in [6, 6.07) is 16.9. The molecule has 1 aliphatic heterocycles. The number of alkyl halides is 1. The van der Waals surface area contributed by atoms with Crippen molar-refractivity contribution >= 4 is 52.7 Å². The molecule has 0 unspecified atom stereocenters. The summed E-state index contributed by atoms with van der Waals surface area (Å²) in [5.74, 6) is -1.03. The average molecular weight is 593 g/mol. The molecule has 3 aromatic carbocycles. The Morgan fingerprint density at radius 3 is 2.41 bits per heavy atom. The van der Waals surface area contributed by atoms with Crippen LogP contribution in [-0.2, 0) is 12.8 Å². The lowest BCUT2D eigenvalue weighted by Crippen LogP contribution is -2.47. The molecule has 1 heterocycles. The summed E-state index contributed by atoms with van der Waals surface area (Å²) in [5, 5.41) is 9.52. The molecule has 1 fully saturated rings. The summed E-state index contributed by atoms with van der Waals surface area (Å²) in [4.78, 5) is 13.9. The SMILES string of the molecule is Cl.O=C(O)c1ccc2c(c1)CCCC(c1ccc(Cl)c(F)c1Cl)=C2c1ccc(CC2CN(CCCF)C2)cc1. The molecule has 5 rings (SSSR count). The van der Waals surface area contributed by atoms with Crippen LogP contribution in [0.1, 0.15) is 57.4 Å². The van der Waals surface area contributed by atoms with E-state index in [0.717, 1.165) is 60.3 Å². The van der Waals surface area contributed by atoms with Crippen LogP contribution in [0.4, 0.5) is 8.78 Å². The summed E-state index contributed by atoms with van der Waals surface area (Å²) in [5.41, 5.74) is 6.80. The number of carbonyl (C=O) groups is 1. The van der Waals surface area contributed by atoms with E-state index in [9.17, 15) is 18.7 Å². The van der Waals surface area contributed by atoms with Crippen LogP contribution in [0.3, 0.4) is 0 Å². The van der Waals surface area contributed by atoms with Crippen molar-refractivity contribution in [2.24, 2.45) is 5.92 Å².